The van der Waals surface area contributed by atoms with E-state index in [9.17, 15) is 0 Å². The van der Waals surface area contributed by atoms with Gasteiger partial charge in [-0.3, -0.25) is 4.40 Å². The first-order chi connectivity index (χ1) is 9.74. The van der Waals surface area contributed by atoms with Crippen molar-refractivity contribution >= 4 is 16.3 Å². The van der Waals surface area contributed by atoms with Gasteiger partial charge in [0.05, 0.1) is 11.4 Å². The van der Waals surface area contributed by atoms with E-state index in [1.165, 1.54) is 61.2 Å². The molecule has 0 spiro atoms. The molecule has 3 nitrogen and oxygen atoms in total. The molecule has 0 bridgehead atoms. The van der Waals surface area contributed by atoms with E-state index in [1.54, 1.807) is 11.3 Å². The second-order valence-corrected chi connectivity index (χ2v) is 7.27. The molecule has 20 heavy (non-hydrogen) atoms. The second kappa shape index (κ2) is 6.27. The van der Waals surface area contributed by atoms with Crippen molar-refractivity contribution in [2.75, 3.05) is 0 Å². The van der Waals surface area contributed by atoms with Crippen molar-refractivity contribution in [3.05, 3.63) is 22.5 Å². The number of fused-ring (bicyclic) bond motifs is 1. The van der Waals surface area contributed by atoms with Crippen LogP contribution in [0, 0.1) is 13.8 Å². The lowest BCUT2D eigenvalue weighted by molar-refractivity contribution is 0.387. The van der Waals surface area contributed by atoms with E-state index in [-0.39, 0.29) is 0 Å². The van der Waals surface area contributed by atoms with Crippen molar-refractivity contribution in [2.24, 2.45) is 0 Å². The van der Waals surface area contributed by atoms with Gasteiger partial charge >= 0.3 is 0 Å². The molecule has 0 saturated heterocycles. The van der Waals surface area contributed by atoms with Crippen LogP contribution in [0.5, 0.6) is 0 Å². The number of aryl methyl sites for hydroxylation is 2. The summed E-state index contributed by atoms with van der Waals surface area (Å²) < 4.78 is 2.27. The summed E-state index contributed by atoms with van der Waals surface area (Å²) in [5.74, 6) is 0. The Balaban J connectivity index is 1.67. The molecule has 0 amide bonds. The largest absolute Gasteiger partial charge is 0.308 e. The minimum atomic E-state index is 0.694. The summed E-state index contributed by atoms with van der Waals surface area (Å²) in [5.41, 5.74) is 2.51. The zero-order valence-corrected chi connectivity index (χ0v) is 13.4. The number of nitrogens with zero attached hydrogens (tertiary/aromatic N) is 2. The van der Waals surface area contributed by atoms with Crippen molar-refractivity contribution in [3.63, 3.8) is 0 Å². The molecule has 1 aliphatic carbocycles. The number of hydrogen-bond donors (Lipinski definition) is 1. The molecule has 2 aromatic heterocycles. The van der Waals surface area contributed by atoms with Crippen LogP contribution >= 0.6 is 11.3 Å². The molecule has 0 unspecified atom stereocenters. The molecule has 1 N–H and O–H groups in total. The van der Waals surface area contributed by atoms with Crippen molar-refractivity contribution < 1.29 is 0 Å². The maximum atomic E-state index is 4.67. The Kier molecular flexibility index (Phi) is 4.41. The number of rotatable bonds is 3. The van der Waals surface area contributed by atoms with E-state index in [2.05, 4.69) is 34.7 Å². The molecule has 1 fully saturated rings. The monoisotopic (exact) mass is 291 g/mol. The minimum Gasteiger partial charge on any atom is -0.308 e. The normalized spacial score (nSPS) is 18.3. The molecule has 1 saturated carbocycles. The van der Waals surface area contributed by atoms with Gasteiger partial charge in [0.2, 0.25) is 0 Å². The number of thiazole rings is 1. The molecule has 2 aromatic rings. The van der Waals surface area contributed by atoms with Crippen LogP contribution in [0.15, 0.2) is 6.20 Å². The Morgan fingerprint density at radius 1 is 1.20 bits per heavy atom. The number of imidazole rings is 1. The average Bonchev–Trinajstić information content (AvgIpc) is 2.84. The van der Waals surface area contributed by atoms with Crippen LogP contribution < -0.4 is 5.32 Å². The Morgan fingerprint density at radius 3 is 2.65 bits per heavy atom. The lowest BCUT2D eigenvalue weighted by Crippen LogP contribution is -2.29. The number of nitrogens with one attached hydrogen (secondary N) is 1. The van der Waals surface area contributed by atoms with Gasteiger partial charge in [-0.15, -0.1) is 11.3 Å². The first-order valence-corrected chi connectivity index (χ1v) is 8.73. The van der Waals surface area contributed by atoms with Crippen LogP contribution in [0.25, 0.3) is 4.96 Å². The number of hydrogen-bond acceptors (Lipinski definition) is 3. The molecule has 0 aromatic carbocycles. The van der Waals surface area contributed by atoms with Gasteiger partial charge in [0.15, 0.2) is 4.96 Å². The predicted octanol–water partition coefficient (Wildman–Crippen LogP) is 4.22. The predicted molar refractivity (Wildman–Crippen MR) is 85.5 cm³/mol. The van der Waals surface area contributed by atoms with Crippen molar-refractivity contribution in [1.82, 2.24) is 14.7 Å². The summed E-state index contributed by atoms with van der Waals surface area (Å²) in [4.78, 5) is 7.14. The lowest BCUT2D eigenvalue weighted by atomic mass is 9.97. The van der Waals surface area contributed by atoms with Crippen LogP contribution in [0.3, 0.4) is 0 Å². The molecule has 2 heterocycles. The van der Waals surface area contributed by atoms with E-state index < -0.39 is 0 Å². The third kappa shape index (κ3) is 3.07. The molecule has 3 rings (SSSR count). The highest BCUT2D eigenvalue weighted by molar-refractivity contribution is 7.17. The minimum absolute atomic E-state index is 0.694. The topological polar surface area (TPSA) is 29.3 Å². The fourth-order valence-electron chi connectivity index (χ4n) is 3.22. The number of aromatic nitrogens is 2. The van der Waals surface area contributed by atoms with Gasteiger partial charge in [-0.25, -0.2) is 4.98 Å². The standard InChI is InChI=1S/C16H25N3S/c1-12-11-19-15(13(2)18-16(19)20-12)10-17-14-8-6-4-3-5-7-9-14/h11,14,17H,3-10H2,1-2H3. The van der Waals surface area contributed by atoms with Crippen LogP contribution in [0.2, 0.25) is 0 Å². The molecule has 1 aliphatic rings. The first kappa shape index (κ1) is 14.1. The van der Waals surface area contributed by atoms with Gasteiger partial charge < -0.3 is 5.32 Å². The highest BCUT2D eigenvalue weighted by Crippen LogP contribution is 2.22. The zero-order chi connectivity index (χ0) is 13.9. The maximum Gasteiger partial charge on any atom is 0.194 e. The van der Waals surface area contributed by atoms with Crippen molar-refractivity contribution in [2.45, 2.75) is 71.4 Å². The molecule has 110 valence electrons. The third-order valence-electron chi connectivity index (χ3n) is 4.40. The summed E-state index contributed by atoms with van der Waals surface area (Å²) in [6, 6.07) is 0.694. The summed E-state index contributed by atoms with van der Waals surface area (Å²) in [6.07, 6.45) is 11.9. The maximum absolute atomic E-state index is 4.67. The summed E-state index contributed by atoms with van der Waals surface area (Å²) in [6.45, 7) is 5.23. The molecular weight excluding hydrogens is 266 g/mol. The van der Waals surface area contributed by atoms with E-state index in [0.717, 1.165) is 11.5 Å². The second-order valence-electron chi connectivity index (χ2n) is 6.06. The molecule has 0 atom stereocenters. The van der Waals surface area contributed by atoms with Gasteiger partial charge in [0, 0.05) is 23.7 Å². The third-order valence-corrected chi connectivity index (χ3v) is 5.30. The van der Waals surface area contributed by atoms with E-state index in [0.29, 0.717) is 6.04 Å². The van der Waals surface area contributed by atoms with Gasteiger partial charge in [0.25, 0.3) is 0 Å². The van der Waals surface area contributed by atoms with Gasteiger partial charge in [-0.2, -0.15) is 0 Å². The Hall–Kier alpha value is -0.870. The van der Waals surface area contributed by atoms with Crippen LogP contribution in [-0.2, 0) is 6.54 Å². The summed E-state index contributed by atoms with van der Waals surface area (Å²) >= 11 is 1.78. The Labute approximate surface area is 125 Å². The molecular formula is C16H25N3S. The highest BCUT2D eigenvalue weighted by atomic mass is 32.1. The molecule has 0 aliphatic heterocycles. The van der Waals surface area contributed by atoms with Crippen LogP contribution in [0.4, 0.5) is 0 Å². The van der Waals surface area contributed by atoms with E-state index >= 15 is 0 Å². The summed E-state index contributed by atoms with van der Waals surface area (Å²) in [5, 5.41) is 3.78. The van der Waals surface area contributed by atoms with Crippen LogP contribution in [-0.4, -0.2) is 15.4 Å². The Morgan fingerprint density at radius 2 is 1.90 bits per heavy atom. The van der Waals surface area contributed by atoms with Gasteiger partial charge in [-0.1, -0.05) is 32.1 Å². The highest BCUT2D eigenvalue weighted by Gasteiger charge is 2.14. The van der Waals surface area contributed by atoms with Gasteiger partial charge in [0.1, 0.15) is 0 Å². The fraction of sp³-hybridized carbons (Fsp3) is 0.688. The SMILES string of the molecule is Cc1cn2c(CNC3CCCCCCC3)c(C)nc2s1. The fourth-order valence-corrected chi connectivity index (χ4v) is 4.11. The zero-order valence-electron chi connectivity index (χ0n) is 12.6. The lowest BCUT2D eigenvalue weighted by Gasteiger charge is -2.21. The van der Waals surface area contributed by atoms with Crippen molar-refractivity contribution in [1.29, 1.82) is 0 Å². The average molecular weight is 291 g/mol. The van der Waals surface area contributed by atoms with Crippen LogP contribution in [0.1, 0.15) is 61.2 Å². The molecule has 4 heteroatoms. The quantitative estimate of drug-likeness (QED) is 0.917. The molecule has 0 radical (unpaired) electrons. The van der Waals surface area contributed by atoms with Crippen molar-refractivity contribution in [3.8, 4) is 0 Å². The Bertz CT molecular complexity index is 562. The summed E-state index contributed by atoms with van der Waals surface area (Å²) in [7, 11) is 0. The van der Waals surface area contributed by atoms with E-state index in [1.807, 2.05) is 0 Å². The first-order valence-electron chi connectivity index (χ1n) is 7.91. The smallest absolute Gasteiger partial charge is 0.194 e. The van der Waals surface area contributed by atoms with E-state index in [4.69, 9.17) is 0 Å². The van der Waals surface area contributed by atoms with Gasteiger partial charge in [-0.05, 0) is 26.7 Å².